The van der Waals surface area contributed by atoms with Crippen molar-refractivity contribution in [3.63, 3.8) is 0 Å². The molecule has 2 rings (SSSR count). The van der Waals surface area contributed by atoms with Crippen molar-refractivity contribution >= 4 is 5.97 Å². The predicted molar refractivity (Wildman–Crippen MR) is 48.3 cm³/mol. The fourth-order valence-corrected chi connectivity index (χ4v) is 1.40. The highest BCUT2D eigenvalue weighted by Crippen LogP contribution is 2.41. The van der Waals surface area contributed by atoms with Gasteiger partial charge in [0.15, 0.2) is 0 Å². The number of methoxy groups -OCH3 is 1. The highest BCUT2D eigenvalue weighted by Gasteiger charge is 2.44. The van der Waals surface area contributed by atoms with E-state index in [4.69, 9.17) is 0 Å². The van der Waals surface area contributed by atoms with E-state index in [0.29, 0.717) is 0 Å². The average molecular weight is 248 g/mol. The molecule has 0 radical (unpaired) electrons. The largest absolute Gasteiger partial charge is 0.538 e. The van der Waals surface area contributed by atoms with Gasteiger partial charge in [-0.1, -0.05) is 0 Å². The maximum atomic E-state index is 13.3. The van der Waals surface area contributed by atoms with Gasteiger partial charge in [0.1, 0.15) is 5.75 Å². The number of esters is 1. The molecular weight excluding hydrogens is 241 g/mol. The molecule has 0 amide bonds. The molecule has 92 valence electrons. The molecule has 4 nitrogen and oxygen atoms in total. The van der Waals surface area contributed by atoms with Crippen LogP contribution < -0.4 is 4.74 Å². The Kier molecular flexibility index (Phi) is 2.70. The average Bonchev–Trinajstić information content (AvgIpc) is 2.26. The molecular formula is C10H7F3O4. The number of rotatable bonds is 1. The Labute approximate surface area is 93.9 Å². The van der Waals surface area contributed by atoms with Gasteiger partial charge in [0.05, 0.1) is 18.2 Å². The highest BCUT2D eigenvalue weighted by atomic mass is 19.3. The quantitative estimate of drug-likeness (QED) is 0.716. The molecule has 0 aromatic heterocycles. The first-order valence-electron chi connectivity index (χ1n) is 4.54. The molecule has 0 spiro atoms. The highest BCUT2D eigenvalue weighted by molar-refractivity contribution is 5.89. The van der Waals surface area contributed by atoms with Crippen LogP contribution in [0, 0.1) is 0 Å². The summed E-state index contributed by atoms with van der Waals surface area (Å²) in [7, 11) is 1.15. The third-order valence-electron chi connectivity index (χ3n) is 2.14. The van der Waals surface area contributed by atoms with Crippen LogP contribution in [-0.2, 0) is 9.47 Å². The lowest BCUT2D eigenvalue weighted by Crippen LogP contribution is -2.34. The number of hydrogen-bond donors (Lipinski definition) is 0. The number of ether oxygens (including phenoxy) is 3. The molecule has 1 aromatic rings. The number of benzene rings is 1. The molecule has 7 heteroatoms. The van der Waals surface area contributed by atoms with Gasteiger partial charge in [-0.05, 0) is 18.2 Å². The van der Waals surface area contributed by atoms with Crippen LogP contribution in [0.1, 0.15) is 22.3 Å². The first kappa shape index (κ1) is 11.7. The molecule has 0 saturated carbocycles. The van der Waals surface area contributed by atoms with Gasteiger partial charge >= 0.3 is 12.3 Å². The van der Waals surface area contributed by atoms with Crippen molar-refractivity contribution in [3.05, 3.63) is 29.3 Å². The lowest BCUT2D eigenvalue weighted by atomic mass is 10.1. The number of fused-ring (bicyclic) bond motifs is 1. The van der Waals surface area contributed by atoms with Gasteiger partial charge in [-0.25, -0.2) is 13.9 Å². The summed E-state index contributed by atoms with van der Waals surface area (Å²) in [5.41, 5.74) is -0.259. The van der Waals surface area contributed by atoms with Crippen LogP contribution in [0.5, 0.6) is 5.75 Å². The molecule has 0 fully saturated rings. The van der Waals surface area contributed by atoms with Crippen LogP contribution >= 0.6 is 0 Å². The van der Waals surface area contributed by atoms with Crippen molar-refractivity contribution in [2.75, 3.05) is 7.11 Å². The van der Waals surface area contributed by atoms with Crippen LogP contribution in [0.3, 0.4) is 0 Å². The summed E-state index contributed by atoms with van der Waals surface area (Å²) in [5.74, 6) is -1.08. The second-order valence-corrected chi connectivity index (χ2v) is 3.24. The van der Waals surface area contributed by atoms with Crippen LogP contribution in [0.2, 0.25) is 0 Å². The Bertz CT molecular complexity index is 461. The molecule has 1 aliphatic rings. The summed E-state index contributed by atoms with van der Waals surface area (Å²) < 4.78 is 50.9. The van der Waals surface area contributed by atoms with E-state index in [0.717, 1.165) is 19.2 Å². The van der Waals surface area contributed by atoms with Crippen molar-refractivity contribution in [1.82, 2.24) is 0 Å². The minimum absolute atomic E-state index is 0.0197. The summed E-state index contributed by atoms with van der Waals surface area (Å²) in [4.78, 5) is 11.2. The van der Waals surface area contributed by atoms with Gasteiger partial charge in [-0.2, -0.15) is 0 Å². The fraction of sp³-hybridized carbons (Fsp3) is 0.300. The number of carbonyl (C=O) groups excluding carboxylic acids is 1. The predicted octanol–water partition coefficient (Wildman–Crippen LogP) is 2.40. The zero-order chi connectivity index (χ0) is 12.6. The second kappa shape index (κ2) is 3.92. The normalized spacial score (nSPS) is 21.3. The van der Waals surface area contributed by atoms with E-state index in [-0.39, 0.29) is 16.9 Å². The van der Waals surface area contributed by atoms with Crippen LogP contribution in [0.25, 0.3) is 0 Å². The summed E-state index contributed by atoms with van der Waals surface area (Å²) in [6, 6.07) is 3.30. The van der Waals surface area contributed by atoms with E-state index in [2.05, 4.69) is 14.2 Å². The van der Waals surface area contributed by atoms with Crippen molar-refractivity contribution in [1.29, 1.82) is 0 Å². The first-order valence-corrected chi connectivity index (χ1v) is 4.54. The van der Waals surface area contributed by atoms with Gasteiger partial charge in [0.2, 0.25) is 6.36 Å². The van der Waals surface area contributed by atoms with E-state index in [1.165, 1.54) is 6.07 Å². The summed E-state index contributed by atoms with van der Waals surface area (Å²) in [6.07, 6.45) is -6.38. The van der Waals surface area contributed by atoms with Crippen LogP contribution in [0.15, 0.2) is 18.2 Å². The van der Waals surface area contributed by atoms with Crippen molar-refractivity contribution in [2.24, 2.45) is 0 Å². The van der Waals surface area contributed by atoms with E-state index < -0.39 is 18.6 Å². The molecule has 0 bridgehead atoms. The maximum Gasteiger partial charge on any atom is 0.538 e. The van der Waals surface area contributed by atoms with Crippen molar-refractivity contribution in [2.45, 2.75) is 12.7 Å². The zero-order valence-electron chi connectivity index (χ0n) is 8.58. The zero-order valence-corrected chi connectivity index (χ0v) is 8.58. The number of alkyl halides is 3. The third-order valence-corrected chi connectivity index (χ3v) is 2.14. The second-order valence-electron chi connectivity index (χ2n) is 3.24. The van der Waals surface area contributed by atoms with Gasteiger partial charge in [0.25, 0.3) is 0 Å². The standard InChI is InChI=1S/C10H7F3O4/c1-15-9(14)5-2-3-7-6(4-5)8(11)17-10(12,13)16-7/h2-4,8H,1H3. The van der Waals surface area contributed by atoms with Crippen molar-refractivity contribution in [3.8, 4) is 5.75 Å². The molecule has 1 aliphatic heterocycles. The third kappa shape index (κ3) is 2.19. The van der Waals surface area contributed by atoms with Gasteiger partial charge in [-0.3, -0.25) is 0 Å². The van der Waals surface area contributed by atoms with E-state index in [1.54, 1.807) is 0 Å². The number of hydrogen-bond acceptors (Lipinski definition) is 4. The molecule has 17 heavy (non-hydrogen) atoms. The lowest BCUT2D eigenvalue weighted by Gasteiger charge is -2.27. The van der Waals surface area contributed by atoms with Crippen molar-refractivity contribution < 1.29 is 32.2 Å². The molecule has 1 unspecified atom stereocenters. The van der Waals surface area contributed by atoms with E-state index >= 15 is 0 Å². The summed E-state index contributed by atoms with van der Waals surface area (Å²) in [5, 5.41) is 0. The van der Waals surface area contributed by atoms with Crippen LogP contribution in [-0.4, -0.2) is 19.4 Å². The van der Waals surface area contributed by atoms with E-state index in [9.17, 15) is 18.0 Å². The Morgan fingerprint density at radius 2 is 2.18 bits per heavy atom. The topological polar surface area (TPSA) is 44.8 Å². The Hall–Kier alpha value is -1.76. The minimum atomic E-state index is -4.01. The maximum absolute atomic E-state index is 13.3. The SMILES string of the molecule is COC(=O)c1ccc2c(c1)C(F)OC(F)(F)O2. The molecule has 1 atom stereocenters. The first-order chi connectivity index (χ1) is 7.93. The van der Waals surface area contributed by atoms with Crippen LogP contribution in [0.4, 0.5) is 13.2 Å². The van der Waals surface area contributed by atoms with Gasteiger partial charge in [-0.15, -0.1) is 8.78 Å². The molecule has 0 saturated heterocycles. The lowest BCUT2D eigenvalue weighted by molar-refractivity contribution is -0.398. The minimum Gasteiger partial charge on any atom is -0.465 e. The molecule has 1 heterocycles. The summed E-state index contributed by atoms with van der Waals surface area (Å²) >= 11 is 0. The van der Waals surface area contributed by atoms with Gasteiger partial charge in [0, 0.05) is 0 Å². The van der Waals surface area contributed by atoms with Gasteiger partial charge < -0.3 is 9.47 Å². The Morgan fingerprint density at radius 3 is 2.82 bits per heavy atom. The smallest absolute Gasteiger partial charge is 0.465 e. The number of carbonyl (C=O) groups is 1. The Morgan fingerprint density at radius 1 is 1.47 bits per heavy atom. The Balaban J connectivity index is 2.40. The van der Waals surface area contributed by atoms with E-state index in [1.807, 2.05) is 0 Å². The molecule has 0 aliphatic carbocycles. The molecule has 0 N–H and O–H groups in total. The fourth-order valence-electron chi connectivity index (χ4n) is 1.40. The summed E-state index contributed by atoms with van der Waals surface area (Å²) in [6.45, 7) is 0. The molecule has 1 aromatic carbocycles. The monoisotopic (exact) mass is 248 g/mol. The number of halogens is 3.